The monoisotopic (exact) mass is 308 g/mol. The van der Waals surface area contributed by atoms with Gasteiger partial charge < -0.3 is 5.32 Å². The summed E-state index contributed by atoms with van der Waals surface area (Å²) in [6.45, 7) is 2.06. The Labute approximate surface area is 114 Å². The first kappa shape index (κ1) is 12.3. The summed E-state index contributed by atoms with van der Waals surface area (Å²) < 4.78 is 1.08. The fourth-order valence-electron chi connectivity index (χ4n) is 1.53. The van der Waals surface area contributed by atoms with Crippen LogP contribution in [0.5, 0.6) is 0 Å². The Balaban J connectivity index is 2.32. The molecule has 1 heterocycles. The lowest BCUT2D eigenvalue weighted by Crippen LogP contribution is -1.91. The molecule has 0 spiro atoms. The van der Waals surface area contributed by atoms with E-state index in [0.29, 0.717) is 0 Å². The zero-order valence-corrected chi connectivity index (χ0v) is 12.1. The second-order valence-electron chi connectivity index (χ2n) is 3.59. The summed E-state index contributed by atoms with van der Waals surface area (Å²) >= 11 is 5.25. The third-order valence-corrected chi connectivity index (χ3v) is 3.92. The number of rotatable bonds is 3. The minimum atomic E-state index is 1.03. The smallest absolute Gasteiger partial charge is 0.116 e. The van der Waals surface area contributed by atoms with Crippen LogP contribution in [0.2, 0.25) is 0 Å². The van der Waals surface area contributed by atoms with Crippen molar-refractivity contribution in [1.82, 2.24) is 4.98 Å². The van der Waals surface area contributed by atoms with Crippen LogP contribution in [0.4, 0.5) is 5.69 Å². The number of nitrogens with zero attached hydrogens (tertiary/aromatic N) is 1. The number of hydrogen-bond acceptors (Lipinski definition) is 3. The number of halogens is 1. The van der Waals surface area contributed by atoms with Crippen LogP contribution in [0.1, 0.15) is 15.4 Å². The molecule has 1 aromatic heterocycles. The van der Waals surface area contributed by atoms with Gasteiger partial charge in [-0.2, -0.15) is 0 Å². The zero-order chi connectivity index (χ0) is 12.3. The Morgan fingerprint density at radius 2 is 2.18 bits per heavy atom. The van der Waals surface area contributed by atoms with Gasteiger partial charge in [0, 0.05) is 33.8 Å². The number of nitrogens with one attached hydrogen (secondary N) is 1. The maximum atomic E-state index is 4.31. The van der Waals surface area contributed by atoms with Gasteiger partial charge in [-0.1, -0.05) is 22.0 Å². The molecule has 88 valence electrons. The van der Waals surface area contributed by atoms with Crippen LogP contribution in [-0.2, 0) is 0 Å². The Bertz CT molecular complexity index is 546. The van der Waals surface area contributed by atoms with Crippen LogP contribution in [0, 0.1) is 6.92 Å². The lowest BCUT2D eigenvalue weighted by Gasteiger charge is -2.06. The molecule has 0 amide bonds. The van der Waals surface area contributed by atoms with Crippen LogP contribution in [0.25, 0.3) is 12.2 Å². The lowest BCUT2D eigenvalue weighted by atomic mass is 10.1. The van der Waals surface area contributed by atoms with Gasteiger partial charge in [0.2, 0.25) is 0 Å². The molecule has 2 aromatic rings. The topological polar surface area (TPSA) is 24.9 Å². The SMILES string of the molecule is CNc1cccc(Br)c1/C=C/c1ncc(C)s1. The van der Waals surface area contributed by atoms with Crippen LogP contribution in [0.15, 0.2) is 28.9 Å². The second kappa shape index (κ2) is 5.47. The van der Waals surface area contributed by atoms with Crippen molar-refractivity contribution in [1.29, 1.82) is 0 Å². The van der Waals surface area contributed by atoms with Gasteiger partial charge in [0.25, 0.3) is 0 Å². The molecule has 0 aliphatic rings. The van der Waals surface area contributed by atoms with E-state index in [1.165, 1.54) is 4.88 Å². The first-order valence-electron chi connectivity index (χ1n) is 5.27. The molecule has 4 heteroatoms. The first-order chi connectivity index (χ1) is 8.20. The molecule has 0 bridgehead atoms. The molecular formula is C13H13BrN2S. The largest absolute Gasteiger partial charge is 0.388 e. The highest BCUT2D eigenvalue weighted by atomic mass is 79.9. The summed E-state index contributed by atoms with van der Waals surface area (Å²) in [5, 5.41) is 4.21. The van der Waals surface area contributed by atoms with E-state index in [4.69, 9.17) is 0 Å². The van der Waals surface area contributed by atoms with Gasteiger partial charge in [-0.3, -0.25) is 0 Å². The molecule has 1 aromatic carbocycles. The fourth-order valence-corrected chi connectivity index (χ4v) is 2.70. The van der Waals surface area contributed by atoms with Gasteiger partial charge in [-0.15, -0.1) is 11.3 Å². The van der Waals surface area contributed by atoms with Gasteiger partial charge in [0.05, 0.1) is 0 Å². The molecule has 17 heavy (non-hydrogen) atoms. The van der Waals surface area contributed by atoms with E-state index in [9.17, 15) is 0 Å². The van der Waals surface area contributed by atoms with Crippen LogP contribution in [-0.4, -0.2) is 12.0 Å². The Kier molecular flexibility index (Phi) is 3.97. The van der Waals surface area contributed by atoms with Gasteiger partial charge in [0.1, 0.15) is 5.01 Å². The minimum Gasteiger partial charge on any atom is -0.388 e. The van der Waals surface area contributed by atoms with Crippen molar-refractivity contribution >= 4 is 45.1 Å². The highest BCUT2D eigenvalue weighted by Crippen LogP contribution is 2.27. The Morgan fingerprint density at radius 3 is 2.82 bits per heavy atom. The molecule has 0 unspecified atom stereocenters. The fraction of sp³-hybridized carbons (Fsp3) is 0.154. The first-order valence-corrected chi connectivity index (χ1v) is 6.88. The molecule has 0 atom stereocenters. The minimum absolute atomic E-state index is 1.03. The third-order valence-electron chi connectivity index (χ3n) is 2.35. The average Bonchev–Trinajstić information content (AvgIpc) is 2.73. The predicted molar refractivity (Wildman–Crippen MR) is 79.5 cm³/mol. The summed E-state index contributed by atoms with van der Waals surface area (Å²) in [6, 6.07) is 6.10. The third kappa shape index (κ3) is 2.96. The molecular weight excluding hydrogens is 296 g/mol. The summed E-state index contributed by atoms with van der Waals surface area (Å²) in [5.74, 6) is 0. The molecule has 0 saturated heterocycles. The molecule has 2 rings (SSSR count). The van der Waals surface area contributed by atoms with Crippen molar-refractivity contribution in [3.63, 3.8) is 0 Å². The van der Waals surface area contributed by atoms with Crippen LogP contribution >= 0.6 is 27.3 Å². The average molecular weight is 309 g/mol. The van der Waals surface area contributed by atoms with E-state index in [0.717, 1.165) is 20.7 Å². The van der Waals surface area contributed by atoms with Crippen molar-refractivity contribution < 1.29 is 0 Å². The van der Waals surface area contributed by atoms with E-state index in [2.05, 4.69) is 45.3 Å². The number of aryl methyl sites for hydroxylation is 1. The number of hydrogen-bond donors (Lipinski definition) is 1. The highest BCUT2D eigenvalue weighted by molar-refractivity contribution is 9.10. The number of thiazole rings is 1. The van der Waals surface area contributed by atoms with Gasteiger partial charge in [-0.05, 0) is 31.2 Å². The van der Waals surface area contributed by atoms with Crippen molar-refractivity contribution in [3.05, 3.63) is 44.3 Å². The predicted octanol–water partition coefficient (Wildman–Crippen LogP) is 4.43. The number of benzene rings is 1. The maximum Gasteiger partial charge on any atom is 0.116 e. The second-order valence-corrected chi connectivity index (χ2v) is 5.71. The zero-order valence-electron chi connectivity index (χ0n) is 9.70. The molecule has 0 aliphatic carbocycles. The van der Waals surface area contributed by atoms with Crippen LogP contribution < -0.4 is 5.32 Å². The quantitative estimate of drug-likeness (QED) is 0.907. The van der Waals surface area contributed by atoms with Gasteiger partial charge in [-0.25, -0.2) is 4.98 Å². The van der Waals surface area contributed by atoms with Crippen molar-refractivity contribution in [2.24, 2.45) is 0 Å². The van der Waals surface area contributed by atoms with Crippen LogP contribution in [0.3, 0.4) is 0 Å². The molecule has 2 nitrogen and oxygen atoms in total. The van der Waals surface area contributed by atoms with Crippen molar-refractivity contribution in [2.75, 3.05) is 12.4 Å². The Hall–Kier alpha value is -1.13. The van der Waals surface area contributed by atoms with E-state index in [1.54, 1.807) is 11.3 Å². The van der Waals surface area contributed by atoms with Gasteiger partial charge in [0.15, 0.2) is 0 Å². The number of anilines is 1. The van der Waals surface area contributed by atoms with E-state index in [1.807, 2.05) is 31.5 Å². The normalized spacial score (nSPS) is 11.0. The van der Waals surface area contributed by atoms with E-state index < -0.39 is 0 Å². The Morgan fingerprint density at radius 1 is 1.35 bits per heavy atom. The molecule has 1 N–H and O–H groups in total. The summed E-state index contributed by atoms with van der Waals surface area (Å²) in [5.41, 5.74) is 2.24. The van der Waals surface area contributed by atoms with Crippen molar-refractivity contribution in [2.45, 2.75) is 6.92 Å². The molecule has 0 radical (unpaired) electrons. The van der Waals surface area contributed by atoms with Crippen molar-refractivity contribution in [3.8, 4) is 0 Å². The van der Waals surface area contributed by atoms with E-state index >= 15 is 0 Å². The van der Waals surface area contributed by atoms with Gasteiger partial charge >= 0.3 is 0 Å². The standard InChI is InChI=1S/C13H13BrN2S/c1-9-8-16-13(17-9)7-6-10-11(14)4-3-5-12(10)15-2/h3-8,15H,1-2H3/b7-6+. The highest BCUT2D eigenvalue weighted by Gasteiger charge is 2.02. The lowest BCUT2D eigenvalue weighted by molar-refractivity contribution is 1.36. The number of aromatic nitrogens is 1. The summed E-state index contributed by atoms with van der Waals surface area (Å²) in [4.78, 5) is 5.54. The van der Waals surface area contributed by atoms with E-state index in [-0.39, 0.29) is 0 Å². The maximum absolute atomic E-state index is 4.31. The molecule has 0 fully saturated rings. The molecule has 0 aliphatic heterocycles. The summed E-state index contributed by atoms with van der Waals surface area (Å²) in [6.07, 6.45) is 6.01. The molecule has 0 saturated carbocycles. The summed E-state index contributed by atoms with van der Waals surface area (Å²) in [7, 11) is 1.92.